The van der Waals surface area contributed by atoms with Crippen molar-refractivity contribution >= 4 is 21.9 Å². The quantitative estimate of drug-likeness (QED) is 0.494. The van der Waals surface area contributed by atoms with Crippen LogP contribution in [0.3, 0.4) is 0 Å². The maximum absolute atomic E-state index is 13.1. The molecule has 0 atom stereocenters. The third kappa shape index (κ3) is 4.34. The molecule has 1 heterocycles. The second kappa shape index (κ2) is 8.20. The van der Waals surface area contributed by atoms with Crippen molar-refractivity contribution < 1.29 is 13.2 Å². The molecule has 9 heteroatoms. The van der Waals surface area contributed by atoms with E-state index in [-0.39, 0.29) is 16.5 Å². The first kappa shape index (κ1) is 22.3. The minimum atomic E-state index is -3.79. The molecule has 182 valence electrons. The Balaban J connectivity index is 1.27. The van der Waals surface area contributed by atoms with Crippen LogP contribution in [0.4, 0.5) is 10.6 Å². The zero-order valence-electron chi connectivity index (χ0n) is 19.4. The van der Waals surface area contributed by atoms with Gasteiger partial charge in [-0.2, -0.15) is 0 Å². The van der Waals surface area contributed by atoms with Gasteiger partial charge in [-0.25, -0.2) is 23.0 Å². The number of amides is 2. The molecule has 35 heavy (non-hydrogen) atoms. The number of anilines is 1. The van der Waals surface area contributed by atoms with Gasteiger partial charge >= 0.3 is 6.03 Å². The van der Waals surface area contributed by atoms with Crippen LogP contribution in [0.25, 0.3) is 16.9 Å². The van der Waals surface area contributed by atoms with E-state index in [0.717, 1.165) is 48.3 Å². The Kier molecular flexibility index (Phi) is 5.23. The smallest absolute Gasteiger partial charge is 0.320 e. The molecule has 2 amide bonds. The third-order valence-electron chi connectivity index (χ3n) is 7.85. The summed E-state index contributed by atoms with van der Waals surface area (Å²) in [6, 6.07) is 17.6. The number of urea groups is 1. The largest absolute Gasteiger partial charge is 0.332 e. The van der Waals surface area contributed by atoms with E-state index in [4.69, 9.17) is 5.14 Å². The summed E-state index contributed by atoms with van der Waals surface area (Å²) in [6.07, 6.45) is 7.18. The molecular formula is C26H29N5O3S. The molecule has 2 aromatic carbocycles. The van der Waals surface area contributed by atoms with Gasteiger partial charge in [-0.15, -0.1) is 5.10 Å². The summed E-state index contributed by atoms with van der Waals surface area (Å²) in [5.41, 5.74) is 2.27. The van der Waals surface area contributed by atoms with Crippen molar-refractivity contribution in [2.75, 3.05) is 5.32 Å². The van der Waals surface area contributed by atoms with Crippen LogP contribution in [0.1, 0.15) is 38.5 Å². The number of carbonyl (C=O) groups excluding carboxylic acids is 1. The Bertz CT molecular complexity index is 1330. The number of nitrogens with one attached hydrogen (secondary N) is 2. The van der Waals surface area contributed by atoms with Gasteiger partial charge in [-0.1, -0.05) is 30.3 Å². The summed E-state index contributed by atoms with van der Waals surface area (Å²) < 4.78 is 25.0. The van der Waals surface area contributed by atoms with Crippen LogP contribution < -0.4 is 15.8 Å². The molecule has 1 aromatic heterocycles. The zero-order chi connectivity index (χ0) is 24.2. The number of hydrogen-bond acceptors (Lipinski definition) is 4. The number of primary sulfonamides is 1. The Hall–Kier alpha value is -3.17. The van der Waals surface area contributed by atoms with E-state index in [0.29, 0.717) is 11.5 Å². The molecule has 8 nitrogen and oxygen atoms in total. The van der Waals surface area contributed by atoms with Crippen molar-refractivity contribution in [3.8, 4) is 16.9 Å². The van der Waals surface area contributed by atoms with E-state index in [1.54, 1.807) is 16.8 Å². The highest BCUT2D eigenvalue weighted by atomic mass is 32.2. The highest BCUT2D eigenvalue weighted by Gasteiger charge is 2.51. The number of nitrogens with two attached hydrogens (primary N) is 1. The van der Waals surface area contributed by atoms with Crippen molar-refractivity contribution in [2.24, 2.45) is 22.9 Å². The molecular weight excluding hydrogens is 462 g/mol. The van der Waals surface area contributed by atoms with Gasteiger partial charge in [0.05, 0.1) is 16.3 Å². The molecule has 4 aliphatic rings. The van der Waals surface area contributed by atoms with Gasteiger partial charge in [-0.3, -0.25) is 5.32 Å². The lowest BCUT2D eigenvalue weighted by Crippen LogP contribution is -2.60. The van der Waals surface area contributed by atoms with Crippen LogP contribution in [0.5, 0.6) is 0 Å². The first-order valence-electron chi connectivity index (χ1n) is 12.1. The van der Waals surface area contributed by atoms with Gasteiger partial charge in [0.1, 0.15) is 0 Å². The number of rotatable bonds is 5. The van der Waals surface area contributed by atoms with Gasteiger partial charge in [0.2, 0.25) is 10.0 Å². The Labute approximate surface area is 205 Å². The molecule has 0 unspecified atom stereocenters. The summed E-state index contributed by atoms with van der Waals surface area (Å²) >= 11 is 0. The predicted octanol–water partition coefficient (Wildman–Crippen LogP) is 4.28. The molecule has 4 bridgehead atoms. The predicted molar refractivity (Wildman–Crippen MR) is 133 cm³/mol. The van der Waals surface area contributed by atoms with Crippen LogP contribution in [-0.4, -0.2) is 29.8 Å². The summed E-state index contributed by atoms with van der Waals surface area (Å²) in [5.74, 6) is 2.66. The second-order valence-corrected chi connectivity index (χ2v) is 12.1. The Morgan fingerprint density at radius 3 is 2.11 bits per heavy atom. The zero-order valence-corrected chi connectivity index (χ0v) is 20.2. The van der Waals surface area contributed by atoms with Crippen LogP contribution in [0, 0.1) is 17.8 Å². The average molecular weight is 492 g/mol. The van der Waals surface area contributed by atoms with E-state index in [9.17, 15) is 13.2 Å². The lowest BCUT2D eigenvalue weighted by molar-refractivity contribution is -0.0127. The summed E-state index contributed by atoms with van der Waals surface area (Å²) in [5, 5.41) is 16.2. The number of aromatic nitrogens is 2. The average Bonchev–Trinajstić information content (AvgIpc) is 3.21. The van der Waals surface area contributed by atoms with Crippen molar-refractivity contribution in [1.29, 1.82) is 0 Å². The lowest BCUT2D eigenvalue weighted by Gasteiger charge is -2.56. The van der Waals surface area contributed by atoms with E-state index in [1.807, 2.05) is 36.4 Å². The maximum Gasteiger partial charge on any atom is 0.320 e. The molecule has 4 fully saturated rings. The number of carbonyl (C=O) groups is 1. The monoisotopic (exact) mass is 491 g/mol. The van der Waals surface area contributed by atoms with Crippen molar-refractivity contribution in [2.45, 2.75) is 49.0 Å². The topological polar surface area (TPSA) is 119 Å². The van der Waals surface area contributed by atoms with Gasteiger partial charge < -0.3 is 5.32 Å². The number of sulfonamides is 1. The summed E-state index contributed by atoms with van der Waals surface area (Å²) in [4.78, 5) is 13.1. The van der Waals surface area contributed by atoms with Gasteiger partial charge in [-0.05, 0) is 80.5 Å². The Morgan fingerprint density at radius 1 is 0.943 bits per heavy atom. The normalized spacial score (nSPS) is 27.1. The van der Waals surface area contributed by atoms with Crippen molar-refractivity contribution in [1.82, 2.24) is 15.1 Å². The van der Waals surface area contributed by atoms with E-state index >= 15 is 0 Å². The first-order chi connectivity index (χ1) is 16.8. The molecule has 7 rings (SSSR count). The summed E-state index contributed by atoms with van der Waals surface area (Å²) in [7, 11) is -3.79. The molecule has 4 N–H and O–H groups in total. The molecule has 4 saturated carbocycles. The van der Waals surface area contributed by atoms with Gasteiger partial charge in [0.25, 0.3) is 0 Å². The fraction of sp³-hybridized carbons (Fsp3) is 0.385. The second-order valence-electron chi connectivity index (χ2n) is 10.5. The lowest BCUT2D eigenvalue weighted by atomic mass is 9.53. The fourth-order valence-electron chi connectivity index (χ4n) is 6.88. The van der Waals surface area contributed by atoms with Gasteiger partial charge in [0.15, 0.2) is 5.82 Å². The third-order valence-corrected chi connectivity index (χ3v) is 8.78. The van der Waals surface area contributed by atoms with Crippen LogP contribution in [0.2, 0.25) is 0 Å². The molecule has 0 spiro atoms. The van der Waals surface area contributed by atoms with E-state index in [1.165, 1.54) is 31.4 Å². The molecule has 0 aliphatic heterocycles. The van der Waals surface area contributed by atoms with Crippen LogP contribution in [0.15, 0.2) is 65.6 Å². The molecule has 4 aliphatic carbocycles. The fourth-order valence-corrected chi connectivity index (χ4v) is 7.40. The minimum absolute atomic E-state index is 0.0305. The van der Waals surface area contributed by atoms with Crippen molar-refractivity contribution in [3.63, 3.8) is 0 Å². The van der Waals surface area contributed by atoms with Crippen molar-refractivity contribution in [3.05, 3.63) is 60.7 Å². The first-order valence-corrected chi connectivity index (χ1v) is 13.7. The van der Waals surface area contributed by atoms with E-state index in [2.05, 4.69) is 15.7 Å². The highest BCUT2D eigenvalue weighted by molar-refractivity contribution is 7.89. The molecule has 3 aromatic rings. The molecule has 0 radical (unpaired) electrons. The van der Waals surface area contributed by atoms with Gasteiger partial charge in [0, 0.05) is 17.2 Å². The van der Waals surface area contributed by atoms with Crippen LogP contribution in [-0.2, 0) is 10.0 Å². The minimum Gasteiger partial charge on any atom is -0.332 e. The highest BCUT2D eigenvalue weighted by Crippen LogP contribution is 2.55. The number of nitrogens with zero attached hydrogens (tertiary/aromatic N) is 2. The number of hydrogen-bond donors (Lipinski definition) is 3. The standard InChI is InChI=1S/C26H29N5O3S/c27-35(33,34)22-8-6-21(7-9-22)31-23(20-4-2-1-3-5-20)13-24(30-31)28-25(32)29-26-14-17-10-18(15-26)12-19(11-17)16-26/h1-9,13,17-19H,10-12,14-16H2,(H2,27,33,34)(H2,28,29,30,32). The van der Waals surface area contributed by atoms with E-state index < -0.39 is 10.0 Å². The maximum atomic E-state index is 13.1. The Morgan fingerprint density at radius 2 is 1.54 bits per heavy atom. The van der Waals surface area contributed by atoms with Crippen LogP contribution >= 0.6 is 0 Å². The number of benzene rings is 2. The summed E-state index contributed by atoms with van der Waals surface area (Å²) in [6.45, 7) is 0. The SMILES string of the molecule is NS(=O)(=O)c1ccc(-n2nc(NC(=O)NC34CC5CC(CC(C5)C3)C4)cc2-c2ccccc2)cc1. The molecule has 0 saturated heterocycles.